The van der Waals surface area contributed by atoms with E-state index < -0.39 is 11.7 Å². The molecular formula is C22H24O6. The fourth-order valence-electron chi connectivity index (χ4n) is 4.44. The monoisotopic (exact) mass is 384 g/mol. The van der Waals surface area contributed by atoms with E-state index in [1.807, 2.05) is 30.3 Å². The molecule has 0 bridgehead atoms. The van der Waals surface area contributed by atoms with Crippen LogP contribution >= 0.6 is 0 Å². The van der Waals surface area contributed by atoms with Gasteiger partial charge in [0.25, 0.3) is 0 Å². The third-order valence-corrected chi connectivity index (χ3v) is 6.52. The Hall–Kier alpha value is -2.44. The van der Waals surface area contributed by atoms with Gasteiger partial charge in [-0.05, 0) is 48.2 Å². The number of aliphatic hydroxyl groups is 1. The maximum Gasteiger partial charge on any atom is 0.231 e. The van der Waals surface area contributed by atoms with Crippen molar-refractivity contribution in [1.29, 1.82) is 0 Å². The van der Waals surface area contributed by atoms with Crippen LogP contribution in [0.25, 0.3) is 0 Å². The second-order valence-electron chi connectivity index (χ2n) is 8.37. The molecule has 3 aliphatic rings. The van der Waals surface area contributed by atoms with Crippen molar-refractivity contribution in [3.63, 3.8) is 0 Å². The van der Waals surface area contributed by atoms with Gasteiger partial charge in [-0.1, -0.05) is 26.0 Å². The highest BCUT2D eigenvalue weighted by atomic mass is 16.7. The van der Waals surface area contributed by atoms with Crippen molar-refractivity contribution in [1.82, 2.24) is 0 Å². The molecule has 0 saturated carbocycles. The number of hydrogen-bond donors (Lipinski definition) is 1. The van der Waals surface area contributed by atoms with Crippen molar-refractivity contribution in [2.45, 2.75) is 33.0 Å². The Balaban J connectivity index is 1.43. The molecule has 3 heterocycles. The lowest BCUT2D eigenvalue weighted by molar-refractivity contribution is -0.118. The van der Waals surface area contributed by atoms with Crippen molar-refractivity contribution in [2.75, 3.05) is 20.2 Å². The van der Waals surface area contributed by atoms with Crippen molar-refractivity contribution in [2.24, 2.45) is 10.8 Å². The summed E-state index contributed by atoms with van der Waals surface area (Å²) in [5, 5.41) is 10.7. The van der Waals surface area contributed by atoms with E-state index in [9.17, 15) is 5.11 Å². The van der Waals surface area contributed by atoms with Gasteiger partial charge in [0.1, 0.15) is 0 Å². The first kappa shape index (κ1) is 17.6. The zero-order valence-corrected chi connectivity index (χ0v) is 16.1. The molecule has 6 nitrogen and oxygen atoms in total. The highest BCUT2D eigenvalue weighted by Crippen LogP contribution is 2.53. The van der Waals surface area contributed by atoms with E-state index in [1.54, 1.807) is 0 Å². The molecule has 1 unspecified atom stereocenters. The zero-order valence-electron chi connectivity index (χ0n) is 16.1. The van der Waals surface area contributed by atoms with Crippen LogP contribution in [0, 0.1) is 10.8 Å². The predicted octanol–water partition coefficient (Wildman–Crippen LogP) is 3.29. The second kappa shape index (κ2) is 6.29. The minimum Gasteiger partial charge on any atom is -0.454 e. The molecule has 148 valence electrons. The molecule has 0 spiro atoms. The molecule has 2 aromatic rings. The van der Waals surface area contributed by atoms with Crippen LogP contribution in [-0.2, 0) is 17.6 Å². The first-order valence-electron chi connectivity index (χ1n) is 9.54. The predicted molar refractivity (Wildman–Crippen MR) is 101 cm³/mol. The van der Waals surface area contributed by atoms with Crippen LogP contribution in [0.1, 0.15) is 25.0 Å². The van der Waals surface area contributed by atoms with E-state index >= 15 is 0 Å². The van der Waals surface area contributed by atoms with Gasteiger partial charge in [-0.3, -0.25) is 0 Å². The molecule has 3 aliphatic heterocycles. The first-order valence-corrected chi connectivity index (χ1v) is 9.54. The zero-order chi connectivity index (χ0) is 19.4. The number of benzene rings is 2. The van der Waals surface area contributed by atoms with E-state index in [0.717, 1.165) is 40.5 Å². The highest BCUT2D eigenvalue weighted by Gasteiger charge is 2.55. The highest BCUT2D eigenvalue weighted by molar-refractivity contribution is 5.46. The number of hydrogen-bond acceptors (Lipinski definition) is 6. The lowest BCUT2D eigenvalue weighted by Crippen LogP contribution is -2.44. The van der Waals surface area contributed by atoms with Gasteiger partial charge in [-0.25, -0.2) is 0 Å². The van der Waals surface area contributed by atoms with E-state index in [1.165, 1.54) is 0 Å². The van der Waals surface area contributed by atoms with Crippen LogP contribution in [0.15, 0.2) is 36.4 Å². The van der Waals surface area contributed by atoms with Crippen LogP contribution in [0.3, 0.4) is 0 Å². The molecular weight excluding hydrogens is 360 g/mol. The summed E-state index contributed by atoms with van der Waals surface area (Å²) in [6.45, 7) is 5.29. The topological polar surface area (TPSA) is 66.4 Å². The summed E-state index contributed by atoms with van der Waals surface area (Å²) in [6, 6.07) is 12.0. The average molecular weight is 384 g/mol. The van der Waals surface area contributed by atoms with E-state index in [0.29, 0.717) is 13.0 Å². The number of fused-ring (bicyclic) bond motifs is 2. The van der Waals surface area contributed by atoms with Gasteiger partial charge in [0.05, 0.1) is 6.61 Å². The fraction of sp³-hybridized carbons (Fsp3) is 0.455. The average Bonchev–Trinajstić information content (AvgIpc) is 3.37. The van der Waals surface area contributed by atoms with Gasteiger partial charge < -0.3 is 28.8 Å². The molecule has 28 heavy (non-hydrogen) atoms. The van der Waals surface area contributed by atoms with Gasteiger partial charge in [-0.2, -0.15) is 0 Å². The summed E-state index contributed by atoms with van der Waals surface area (Å²) in [5.41, 5.74) is 1.52. The van der Waals surface area contributed by atoms with Gasteiger partial charge in [-0.15, -0.1) is 0 Å². The maximum atomic E-state index is 10.7. The minimum absolute atomic E-state index is 0.253. The molecule has 5 rings (SSSR count). The normalized spacial score (nSPS) is 30.0. The third-order valence-electron chi connectivity index (χ3n) is 6.52. The Labute approximate surface area is 163 Å². The quantitative estimate of drug-likeness (QED) is 0.873. The number of aliphatic hydroxyl groups excluding tert-OH is 1. The van der Waals surface area contributed by atoms with Crippen LogP contribution in [0.5, 0.6) is 23.0 Å². The summed E-state index contributed by atoms with van der Waals surface area (Å²) in [7, 11) is 0. The van der Waals surface area contributed by atoms with Crippen molar-refractivity contribution >= 4 is 0 Å². The molecule has 1 fully saturated rings. The lowest BCUT2D eigenvalue weighted by Gasteiger charge is -2.41. The molecule has 0 aromatic heterocycles. The van der Waals surface area contributed by atoms with Crippen LogP contribution in [0.4, 0.5) is 0 Å². The largest absolute Gasteiger partial charge is 0.454 e. The molecule has 1 N–H and O–H groups in total. The van der Waals surface area contributed by atoms with Gasteiger partial charge in [0, 0.05) is 10.8 Å². The van der Waals surface area contributed by atoms with E-state index in [-0.39, 0.29) is 19.0 Å². The Morgan fingerprint density at radius 3 is 1.96 bits per heavy atom. The molecule has 0 aliphatic carbocycles. The Morgan fingerprint density at radius 2 is 1.36 bits per heavy atom. The third kappa shape index (κ3) is 2.71. The molecule has 2 aromatic carbocycles. The Kier molecular flexibility index (Phi) is 3.96. The smallest absolute Gasteiger partial charge is 0.231 e. The van der Waals surface area contributed by atoms with E-state index in [2.05, 4.69) is 19.9 Å². The Bertz CT molecular complexity index is 912. The van der Waals surface area contributed by atoms with Crippen LogP contribution in [-0.4, -0.2) is 31.6 Å². The second-order valence-corrected chi connectivity index (χ2v) is 8.37. The van der Waals surface area contributed by atoms with Gasteiger partial charge in [0.2, 0.25) is 13.6 Å². The lowest BCUT2D eigenvalue weighted by atomic mass is 9.61. The van der Waals surface area contributed by atoms with Gasteiger partial charge >= 0.3 is 0 Å². The summed E-state index contributed by atoms with van der Waals surface area (Å²) < 4.78 is 27.6. The molecule has 3 atom stereocenters. The van der Waals surface area contributed by atoms with Crippen molar-refractivity contribution in [3.8, 4) is 23.0 Å². The van der Waals surface area contributed by atoms with Crippen molar-refractivity contribution < 1.29 is 28.8 Å². The molecule has 0 amide bonds. The minimum atomic E-state index is -0.836. The molecule has 0 radical (unpaired) electrons. The standard InChI is InChI=1S/C22H24O6/c1-21(9-14-3-5-16-18(7-14)27-12-25-16)11-24-20(23)22(21,2)10-15-4-6-17-19(8-15)28-13-26-17/h3-8,20,23H,9-13H2,1-2H3/t20?,21-,22-/m0/s1. The fourth-order valence-corrected chi connectivity index (χ4v) is 4.44. The van der Waals surface area contributed by atoms with Crippen LogP contribution in [0.2, 0.25) is 0 Å². The summed E-state index contributed by atoms with van der Waals surface area (Å²) >= 11 is 0. The number of rotatable bonds is 4. The summed E-state index contributed by atoms with van der Waals surface area (Å²) in [6.07, 6.45) is 0.602. The summed E-state index contributed by atoms with van der Waals surface area (Å²) in [5.74, 6) is 3.07. The van der Waals surface area contributed by atoms with Crippen molar-refractivity contribution in [3.05, 3.63) is 47.5 Å². The van der Waals surface area contributed by atoms with Crippen LogP contribution < -0.4 is 18.9 Å². The molecule has 1 saturated heterocycles. The summed E-state index contributed by atoms with van der Waals surface area (Å²) in [4.78, 5) is 0. The maximum absolute atomic E-state index is 10.7. The first-order chi connectivity index (χ1) is 13.5. The number of ether oxygens (including phenoxy) is 5. The van der Waals surface area contributed by atoms with E-state index in [4.69, 9.17) is 23.7 Å². The van der Waals surface area contributed by atoms with Gasteiger partial charge in [0.15, 0.2) is 29.3 Å². The molecule has 6 heteroatoms. The Morgan fingerprint density at radius 1 is 0.821 bits per heavy atom. The SMILES string of the molecule is C[C@]1(Cc2ccc3c(c2)OCO3)COC(O)[C@]1(C)Cc1ccc2c(c1)OCO2.